The average Bonchev–Trinajstić information content (AvgIpc) is 2.74. The number of nitrogens with zero attached hydrogens (tertiary/aromatic N) is 3. The lowest BCUT2D eigenvalue weighted by molar-refractivity contribution is -0.0214. The second-order valence-electron chi connectivity index (χ2n) is 6.77. The molecule has 0 aliphatic carbocycles. The Balaban J connectivity index is 1.95. The van der Waals surface area contributed by atoms with Crippen LogP contribution < -0.4 is 11.1 Å². The van der Waals surface area contributed by atoms with Crippen molar-refractivity contribution in [3.8, 4) is 6.07 Å². The van der Waals surface area contributed by atoms with Gasteiger partial charge >= 0.3 is 0 Å². The predicted molar refractivity (Wildman–Crippen MR) is 104 cm³/mol. The predicted octanol–water partition coefficient (Wildman–Crippen LogP) is 2.56. The zero-order valence-electron chi connectivity index (χ0n) is 16.3. The molecule has 31 heavy (non-hydrogen) atoms. The highest BCUT2D eigenvalue weighted by atomic mass is 19.3. The highest BCUT2D eigenvalue weighted by Crippen LogP contribution is 2.42. The van der Waals surface area contributed by atoms with Gasteiger partial charge in [0.1, 0.15) is 23.7 Å². The van der Waals surface area contributed by atoms with Crippen LogP contribution in [0.1, 0.15) is 28.0 Å². The number of anilines is 1. The molecule has 0 radical (unpaired) electrons. The van der Waals surface area contributed by atoms with Crippen molar-refractivity contribution in [2.45, 2.75) is 24.5 Å². The van der Waals surface area contributed by atoms with Gasteiger partial charge in [-0.05, 0) is 30.3 Å². The van der Waals surface area contributed by atoms with Crippen molar-refractivity contribution in [1.29, 1.82) is 5.26 Å². The Morgan fingerprint density at radius 2 is 2.23 bits per heavy atom. The van der Waals surface area contributed by atoms with Crippen LogP contribution in [0.2, 0.25) is 0 Å². The number of hydrogen-bond donors (Lipinski definition) is 2. The molecule has 11 heteroatoms. The smallest absolute Gasteiger partial charge is 0.283 e. The van der Waals surface area contributed by atoms with Crippen LogP contribution in [-0.2, 0) is 15.0 Å². The third kappa shape index (κ3) is 4.59. The van der Waals surface area contributed by atoms with E-state index in [1.807, 2.05) is 6.07 Å². The molecule has 3 N–H and O–H groups in total. The van der Waals surface area contributed by atoms with E-state index in [1.54, 1.807) is 0 Å². The SMILES string of the molecule is COCC1CC(c2cc(NC(=O)c3ccc(C#N)cn3)ccc2F)(C(F)F)N=C(N)O1. The Kier molecular flexibility index (Phi) is 6.41. The minimum Gasteiger partial charge on any atom is -0.460 e. The largest absolute Gasteiger partial charge is 0.460 e. The summed E-state index contributed by atoms with van der Waals surface area (Å²) < 4.78 is 53.3. The molecule has 8 nitrogen and oxygen atoms in total. The molecule has 0 fully saturated rings. The van der Waals surface area contributed by atoms with E-state index in [-0.39, 0.29) is 30.0 Å². The van der Waals surface area contributed by atoms with Crippen molar-refractivity contribution in [3.63, 3.8) is 0 Å². The molecule has 1 aromatic heterocycles. The molecule has 1 amide bonds. The standard InChI is InChI=1S/C20H18F3N5O3/c1-30-10-13-7-20(18(22)23,28-19(25)31-13)14-6-12(3-4-15(14)21)27-17(29)16-5-2-11(8-24)9-26-16/h2-6,9,13,18H,7,10H2,1H3,(H2,25,28)(H,27,29). The van der Waals surface area contributed by atoms with Crippen molar-refractivity contribution in [2.75, 3.05) is 19.0 Å². The van der Waals surface area contributed by atoms with Gasteiger partial charge in [0.25, 0.3) is 18.4 Å². The molecule has 1 aliphatic heterocycles. The number of nitriles is 1. The minimum absolute atomic E-state index is 0.0121. The van der Waals surface area contributed by atoms with Gasteiger partial charge in [0, 0.05) is 31.0 Å². The second kappa shape index (κ2) is 9.01. The number of carbonyl (C=O) groups excluding carboxylic acids is 1. The van der Waals surface area contributed by atoms with Crippen LogP contribution in [0.15, 0.2) is 41.5 Å². The number of carbonyl (C=O) groups is 1. The number of rotatable bonds is 6. The zero-order valence-corrected chi connectivity index (χ0v) is 16.3. The summed E-state index contributed by atoms with van der Waals surface area (Å²) in [5, 5.41) is 11.3. The first-order valence-corrected chi connectivity index (χ1v) is 9.05. The lowest BCUT2D eigenvalue weighted by Gasteiger charge is -2.37. The lowest BCUT2D eigenvalue weighted by atomic mass is 9.84. The topological polar surface area (TPSA) is 123 Å². The van der Waals surface area contributed by atoms with Crippen LogP contribution in [-0.4, -0.2) is 43.2 Å². The van der Waals surface area contributed by atoms with E-state index in [9.17, 15) is 18.0 Å². The summed E-state index contributed by atoms with van der Waals surface area (Å²) in [6, 6.07) is 7.35. The van der Waals surface area contributed by atoms with E-state index in [0.29, 0.717) is 0 Å². The minimum atomic E-state index is -3.12. The van der Waals surface area contributed by atoms with Gasteiger partial charge in [-0.25, -0.2) is 23.1 Å². The molecule has 0 saturated carbocycles. The highest BCUT2D eigenvalue weighted by molar-refractivity contribution is 6.02. The fraction of sp³-hybridized carbons (Fsp3) is 0.300. The molecule has 2 atom stereocenters. The molecule has 1 aliphatic rings. The van der Waals surface area contributed by atoms with Crippen molar-refractivity contribution < 1.29 is 27.4 Å². The van der Waals surface area contributed by atoms with Crippen LogP contribution in [0.4, 0.5) is 18.9 Å². The number of halogens is 3. The van der Waals surface area contributed by atoms with Crippen LogP contribution in [0.3, 0.4) is 0 Å². The van der Waals surface area contributed by atoms with E-state index < -0.39 is 41.4 Å². The molecular formula is C20H18F3N5O3. The summed E-state index contributed by atoms with van der Waals surface area (Å²) >= 11 is 0. The molecular weight excluding hydrogens is 415 g/mol. The van der Waals surface area contributed by atoms with E-state index in [4.69, 9.17) is 20.5 Å². The quantitative estimate of drug-likeness (QED) is 0.722. The first-order valence-electron chi connectivity index (χ1n) is 9.05. The number of methoxy groups -OCH3 is 1. The number of aromatic nitrogens is 1. The van der Waals surface area contributed by atoms with Gasteiger partial charge in [-0.3, -0.25) is 4.79 Å². The number of nitrogens with two attached hydrogens (primary N) is 1. The van der Waals surface area contributed by atoms with Crippen molar-refractivity contribution in [1.82, 2.24) is 4.98 Å². The molecule has 2 aromatic rings. The maximum atomic E-state index is 14.7. The monoisotopic (exact) mass is 433 g/mol. The Hall–Kier alpha value is -3.65. The summed E-state index contributed by atoms with van der Waals surface area (Å²) in [6.07, 6.45) is -3.15. The van der Waals surface area contributed by atoms with Gasteiger partial charge in [-0.1, -0.05) is 0 Å². The molecule has 1 aromatic carbocycles. The number of ether oxygens (including phenoxy) is 2. The highest BCUT2D eigenvalue weighted by Gasteiger charge is 2.49. The summed E-state index contributed by atoms with van der Waals surface area (Å²) in [6.45, 7) is -0.0485. The van der Waals surface area contributed by atoms with E-state index in [0.717, 1.165) is 12.1 Å². The normalized spacial score (nSPS) is 20.5. The number of amides is 1. The maximum Gasteiger partial charge on any atom is 0.283 e. The molecule has 0 bridgehead atoms. The Labute approximate surface area is 175 Å². The number of amidine groups is 1. The third-order valence-corrected chi connectivity index (χ3v) is 4.67. The molecule has 2 unspecified atom stereocenters. The van der Waals surface area contributed by atoms with Gasteiger partial charge in [-0.15, -0.1) is 0 Å². The average molecular weight is 433 g/mol. The molecule has 3 rings (SSSR count). The zero-order chi connectivity index (χ0) is 22.6. The van der Waals surface area contributed by atoms with Crippen molar-refractivity contribution in [3.05, 3.63) is 59.2 Å². The Morgan fingerprint density at radius 1 is 1.45 bits per heavy atom. The Morgan fingerprint density at radius 3 is 2.84 bits per heavy atom. The molecule has 2 heterocycles. The van der Waals surface area contributed by atoms with Gasteiger partial charge in [-0.2, -0.15) is 5.26 Å². The van der Waals surface area contributed by atoms with Gasteiger partial charge in [0.05, 0.1) is 12.2 Å². The van der Waals surface area contributed by atoms with Crippen molar-refractivity contribution in [2.24, 2.45) is 10.7 Å². The summed E-state index contributed by atoms with van der Waals surface area (Å²) in [4.78, 5) is 20.0. The summed E-state index contributed by atoms with van der Waals surface area (Å²) in [5.74, 6) is -1.61. The number of pyridine rings is 1. The van der Waals surface area contributed by atoms with Gasteiger partial charge in [0.15, 0.2) is 5.54 Å². The summed E-state index contributed by atoms with van der Waals surface area (Å²) in [5.41, 5.74) is 3.13. The number of alkyl halides is 2. The maximum absolute atomic E-state index is 14.7. The van der Waals surface area contributed by atoms with Crippen LogP contribution >= 0.6 is 0 Å². The molecule has 0 spiro atoms. The summed E-state index contributed by atoms with van der Waals surface area (Å²) in [7, 11) is 1.36. The fourth-order valence-electron chi connectivity index (χ4n) is 3.26. The lowest BCUT2D eigenvalue weighted by Crippen LogP contribution is -2.46. The van der Waals surface area contributed by atoms with Gasteiger partial charge in [0.2, 0.25) is 0 Å². The molecule has 162 valence electrons. The van der Waals surface area contributed by atoms with E-state index in [1.165, 1.54) is 31.5 Å². The van der Waals surface area contributed by atoms with Crippen molar-refractivity contribution >= 4 is 17.6 Å². The Bertz CT molecular complexity index is 1040. The number of benzene rings is 1. The van der Waals surface area contributed by atoms with E-state index in [2.05, 4.69) is 15.3 Å². The molecule has 0 saturated heterocycles. The van der Waals surface area contributed by atoms with Crippen LogP contribution in [0, 0.1) is 17.1 Å². The van der Waals surface area contributed by atoms with Gasteiger partial charge < -0.3 is 20.5 Å². The third-order valence-electron chi connectivity index (χ3n) is 4.67. The fourth-order valence-corrected chi connectivity index (χ4v) is 3.26. The number of aliphatic imine (C=N–C) groups is 1. The number of nitrogens with one attached hydrogen (secondary N) is 1. The first kappa shape index (κ1) is 22.0. The number of hydrogen-bond acceptors (Lipinski definition) is 7. The van der Waals surface area contributed by atoms with Crippen LogP contribution in [0.5, 0.6) is 0 Å². The first-order chi connectivity index (χ1) is 14.8. The van der Waals surface area contributed by atoms with Crippen LogP contribution in [0.25, 0.3) is 0 Å². The van der Waals surface area contributed by atoms with E-state index >= 15 is 0 Å². The second-order valence-corrected chi connectivity index (χ2v) is 6.77.